The summed E-state index contributed by atoms with van der Waals surface area (Å²) >= 11 is 8.05. The van der Waals surface area contributed by atoms with Gasteiger partial charge < -0.3 is 15.2 Å². The van der Waals surface area contributed by atoms with Gasteiger partial charge in [-0.25, -0.2) is 4.79 Å². The molecule has 2 aromatic heterocycles. The number of anilines is 2. The molecule has 0 aliphatic carbocycles. The molecule has 0 spiro atoms. The molecule has 0 saturated carbocycles. The summed E-state index contributed by atoms with van der Waals surface area (Å²) in [5.41, 5.74) is 10.6. The molecule has 0 radical (unpaired) electrons. The number of azide groups is 1. The first kappa shape index (κ1) is 25.0. The number of fused-ring (bicyclic) bond motifs is 1. The van der Waals surface area contributed by atoms with E-state index in [2.05, 4.69) is 40.5 Å². The highest BCUT2D eigenvalue weighted by molar-refractivity contribution is 14.1. The van der Waals surface area contributed by atoms with E-state index in [1.165, 1.54) is 18.2 Å². The fourth-order valence-electron chi connectivity index (χ4n) is 3.51. The lowest BCUT2D eigenvalue weighted by atomic mass is 10.1. The average Bonchev–Trinajstić information content (AvgIpc) is 3.52. The molecule has 0 bridgehead atoms. The van der Waals surface area contributed by atoms with Crippen LogP contribution in [-0.4, -0.2) is 27.1 Å². The van der Waals surface area contributed by atoms with E-state index < -0.39 is 17.6 Å². The van der Waals surface area contributed by atoms with E-state index in [1.54, 1.807) is 36.4 Å². The van der Waals surface area contributed by atoms with Gasteiger partial charge in [0.2, 0.25) is 0 Å². The van der Waals surface area contributed by atoms with Crippen LogP contribution in [0.2, 0.25) is 5.02 Å². The zero-order valence-corrected chi connectivity index (χ0v) is 21.6. The molecule has 0 unspecified atom stereocenters. The van der Waals surface area contributed by atoms with Crippen LogP contribution in [0.5, 0.6) is 0 Å². The molecule has 3 N–H and O–H groups in total. The van der Waals surface area contributed by atoms with Crippen molar-refractivity contribution in [2.24, 2.45) is 5.11 Å². The summed E-state index contributed by atoms with van der Waals surface area (Å²) < 4.78 is 10.4. The summed E-state index contributed by atoms with van der Waals surface area (Å²) in [6.07, 6.45) is 0. The highest BCUT2D eigenvalue weighted by atomic mass is 127. The zero-order valence-electron chi connectivity index (χ0n) is 18.7. The SMILES string of the molecule is [N-]=[N+]=Nc1ccc(C(=O)Nc2ccc3onc(C(=O)Nc4ccc(Cl)cc4-c4noc(=O)[nH]4)c3c2)cc1I. The molecule has 5 aromatic rings. The Bertz CT molecular complexity index is 1840. The molecule has 188 valence electrons. The number of hydrogen-bond donors (Lipinski definition) is 3. The van der Waals surface area contributed by atoms with E-state index in [4.69, 9.17) is 21.7 Å². The third-order valence-electron chi connectivity index (χ3n) is 5.23. The second-order valence-electron chi connectivity index (χ2n) is 7.64. The van der Waals surface area contributed by atoms with Crippen molar-refractivity contribution in [3.05, 3.63) is 95.4 Å². The normalized spacial score (nSPS) is 10.7. The van der Waals surface area contributed by atoms with E-state index >= 15 is 0 Å². The summed E-state index contributed by atoms with van der Waals surface area (Å²) in [4.78, 5) is 42.5. The summed E-state index contributed by atoms with van der Waals surface area (Å²) in [6, 6.07) is 14.0. The predicted molar refractivity (Wildman–Crippen MR) is 145 cm³/mol. The van der Waals surface area contributed by atoms with E-state index in [1.807, 2.05) is 22.6 Å². The number of hydrogen-bond acceptors (Lipinski definition) is 8. The molecule has 0 fully saturated rings. The van der Waals surface area contributed by atoms with Crippen molar-refractivity contribution >= 4 is 74.0 Å². The van der Waals surface area contributed by atoms with Gasteiger partial charge in [0.1, 0.15) is 0 Å². The molecule has 3 aromatic carbocycles. The molecule has 13 nitrogen and oxygen atoms in total. The first-order valence-corrected chi connectivity index (χ1v) is 12.0. The zero-order chi connectivity index (χ0) is 26.8. The molecule has 2 heterocycles. The first-order valence-electron chi connectivity index (χ1n) is 10.5. The van der Waals surface area contributed by atoms with Gasteiger partial charge in [-0.1, -0.05) is 33.1 Å². The van der Waals surface area contributed by atoms with E-state index in [9.17, 15) is 14.4 Å². The van der Waals surface area contributed by atoms with Crippen LogP contribution in [0.3, 0.4) is 0 Å². The molecule has 0 atom stereocenters. The number of carbonyl (C=O) groups excluding carboxylic acids is 2. The van der Waals surface area contributed by atoms with Crippen molar-refractivity contribution in [1.82, 2.24) is 15.3 Å². The van der Waals surface area contributed by atoms with Gasteiger partial charge in [-0.2, -0.15) is 0 Å². The predicted octanol–water partition coefficient (Wildman–Crippen LogP) is 5.88. The first-order chi connectivity index (χ1) is 18.3. The third-order valence-corrected chi connectivity index (χ3v) is 6.33. The molecule has 0 aliphatic rings. The van der Waals surface area contributed by atoms with Crippen molar-refractivity contribution in [2.75, 3.05) is 10.6 Å². The van der Waals surface area contributed by atoms with Crippen molar-refractivity contribution < 1.29 is 18.6 Å². The van der Waals surface area contributed by atoms with Crippen LogP contribution in [0.15, 0.2) is 73.6 Å². The van der Waals surface area contributed by atoms with Crippen LogP contribution in [-0.2, 0) is 0 Å². The molecule has 38 heavy (non-hydrogen) atoms. The molecule has 5 rings (SSSR count). The van der Waals surface area contributed by atoms with Crippen molar-refractivity contribution in [3.8, 4) is 11.4 Å². The molecule has 2 amide bonds. The van der Waals surface area contributed by atoms with Crippen molar-refractivity contribution in [2.45, 2.75) is 0 Å². The Morgan fingerprint density at radius 2 is 1.87 bits per heavy atom. The Balaban J connectivity index is 1.41. The standard InChI is InChI=1S/C23H12ClIN8O5/c24-11-2-5-16(13(8-11)20-29-23(36)38-32-20)28-22(35)19-14-9-12(3-6-18(14)37-31-19)27-21(34)10-1-4-17(30-33-26)15(25)7-10/h1-9H,(H,27,34)(H,28,35)(H,29,32,36). The van der Waals surface area contributed by atoms with Crippen molar-refractivity contribution in [1.29, 1.82) is 0 Å². The lowest BCUT2D eigenvalue weighted by molar-refractivity contribution is 0.101. The van der Waals surface area contributed by atoms with Gasteiger partial charge in [0.05, 0.1) is 16.8 Å². The lowest BCUT2D eigenvalue weighted by Crippen LogP contribution is -2.14. The number of benzene rings is 3. The summed E-state index contributed by atoms with van der Waals surface area (Å²) in [5.74, 6) is -1.73. The Hall–Kier alpha value is -4.66. The van der Waals surface area contributed by atoms with Crippen molar-refractivity contribution in [3.63, 3.8) is 0 Å². The number of nitrogens with zero attached hydrogens (tertiary/aromatic N) is 5. The van der Waals surface area contributed by atoms with Crippen LogP contribution >= 0.6 is 34.2 Å². The Labute approximate surface area is 229 Å². The number of rotatable bonds is 6. The number of carbonyl (C=O) groups is 2. The fourth-order valence-corrected chi connectivity index (χ4v) is 4.30. The minimum absolute atomic E-state index is 0.0427. The molecule has 15 heteroatoms. The van der Waals surface area contributed by atoms with Gasteiger partial charge in [0.25, 0.3) is 11.8 Å². The van der Waals surface area contributed by atoms with Gasteiger partial charge in [0.15, 0.2) is 17.1 Å². The maximum absolute atomic E-state index is 13.1. The Morgan fingerprint density at radius 3 is 2.61 bits per heavy atom. The second kappa shape index (κ2) is 10.4. The maximum Gasteiger partial charge on any atom is 0.439 e. The summed E-state index contributed by atoms with van der Waals surface area (Å²) in [6.45, 7) is 0. The van der Waals surface area contributed by atoms with Gasteiger partial charge in [-0.15, -0.1) is 0 Å². The Kier molecular flexibility index (Phi) is 6.83. The largest absolute Gasteiger partial charge is 0.439 e. The van der Waals surface area contributed by atoms with Crippen LogP contribution in [0.4, 0.5) is 17.1 Å². The number of amides is 2. The Morgan fingerprint density at radius 1 is 1.03 bits per heavy atom. The monoisotopic (exact) mass is 642 g/mol. The number of nitrogens with one attached hydrogen (secondary N) is 3. The average molecular weight is 643 g/mol. The quantitative estimate of drug-likeness (QED) is 0.0891. The highest BCUT2D eigenvalue weighted by Gasteiger charge is 2.20. The molecule has 0 saturated heterocycles. The van der Waals surface area contributed by atoms with Crippen LogP contribution in [0, 0.1) is 3.57 Å². The van der Waals surface area contributed by atoms with Crippen LogP contribution < -0.4 is 16.4 Å². The highest BCUT2D eigenvalue weighted by Crippen LogP contribution is 2.30. The maximum atomic E-state index is 13.1. The van der Waals surface area contributed by atoms with Crippen LogP contribution in [0.25, 0.3) is 32.8 Å². The minimum Gasteiger partial charge on any atom is -0.355 e. The number of H-pyrrole nitrogens is 1. The van der Waals surface area contributed by atoms with E-state index in [0.717, 1.165) is 0 Å². The number of aromatic amines is 1. The second-order valence-corrected chi connectivity index (χ2v) is 9.24. The lowest BCUT2D eigenvalue weighted by Gasteiger charge is -2.09. The van der Waals surface area contributed by atoms with Gasteiger partial charge in [-0.05, 0) is 76.7 Å². The topological polar surface area (TPSA) is 192 Å². The fraction of sp³-hybridized carbons (Fsp3) is 0. The number of halogens is 2. The summed E-state index contributed by atoms with van der Waals surface area (Å²) in [5, 5.41) is 17.2. The molecular weight excluding hydrogens is 631 g/mol. The molecular formula is C23H12ClIN8O5. The van der Waals surface area contributed by atoms with Gasteiger partial charge in [-0.3, -0.25) is 19.1 Å². The number of aromatic nitrogens is 3. The van der Waals surface area contributed by atoms with E-state index in [-0.39, 0.29) is 17.2 Å². The minimum atomic E-state index is -0.768. The third kappa shape index (κ3) is 5.08. The van der Waals surface area contributed by atoms with Crippen LogP contribution in [0.1, 0.15) is 20.8 Å². The molecule has 0 aliphatic heterocycles. The van der Waals surface area contributed by atoms with Gasteiger partial charge >= 0.3 is 5.76 Å². The summed E-state index contributed by atoms with van der Waals surface area (Å²) in [7, 11) is 0. The smallest absolute Gasteiger partial charge is 0.355 e. The van der Waals surface area contributed by atoms with Gasteiger partial charge in [0, 0.05) is 30.3 Å². The van der Waals surface area contributed by atoms with E-state index in [0.29, 0.717) is 42.1 Å².